The predicted molar refractivity (Wildman–Crippen MR) is 133 cm³/mol. The van der Waals surface area contributed by atoms with E-state index in [1.807, 2.05) is 26.0 Å². The molecule has 182 valence electrons. The number of allylic oxidation sites excluding steroid dienone is 2. The first-order valence-corrected chi connectivity index (χ1v) is 11.9. The van der Waals surface area contributed by atoms with Crippen molar-refractivity contribution >= 4 is 17.2 Å². The average Bonchev–Trinajstić information content (AvgIpc) is 2.85. The van der Waals surface area contributed by atoms with E-state index in [4.69, 9.17) is 4.99 Å². The summed E-state index contributed by atoms with van der Waals surface area (Å²) in [6.45, 7) is 10.7. The lowest BCUT2D eigenvalue weighted by Crippen LogP contribution is -2.40. The largest absolute Gasteiger partial charge is 0.387 e. The van der Waals surface area contributed by atoms with Gasteiger partial charge in [0.05, 0.1) is 16.9 Å². The number of rotatable bonds is 7. The number of amides is 1. The van der Waals surface area contributed by atoms with Crippen molar-refractivity contribution in [1.82, 2.24) is 14.9 Å². The maximum absolute atomic E-state index is 15.5. The minimum atomic E-state index is -0.471. The van der Waals surface area contributed by atoms with Gasteiger partial charge in [-0.15, -0.1) is 0 Å². The van der Waals surface area contributed by atoms with E-state index in [0.29, 0.717) is 35.6 Å². The molecule has 1 amide bonds. The number of aryl methyl sites for hydroxylation is 1. The monoisotopic (exact) mass is 466 g/mol. The Morgan fingerprint density at radius 3 is 2.56 bits per heavy atom. The third-order valence-electron chi connectivity index (χ3n) is 6.79. The SMILES string of the molecule is CCC(C)(C)N=C(/C(=C(\C)C1CCN(C(=O)CO)CC1)c1ccncn1)c1cccc(C)c1F. The second-order valence-electron chi connectivity index (χ2n) is 9.53. The quantitative estimate of drug-likeness (QED) is 0.605. The van der Waals surface area contributed by atoms with E-state index >= 15 is 4.39 Å². The fraction of sp³-hybridized carbons (Fsp3) is 0.481. The van der Waals surface area contributed by atoms with Gasteiger partial charge in [-0.2, -0.15) is 0 Å². The summed E-state index contributed by atoms with van der Waals surface area (Å²) in [6, 6.07) is 7.24. The zero-order valence-electron chi connectivity index (χ0n) is 20.8. The number of piperidine rings is 1. The second-order valence-corrected chi connectivity index (χ2v) is 9.53. The maximum Gasteiger partial charge on any atom is 0.248 e. The molecule has 3 rings (SSSR count). The summed E-state index contributed by atoms with van der Waals surface area (Å²) in [4.78, 5) is 27.4. The van der Waals surface area contributed by atoms with Crippen molar-refractivity contribution in [2.24, 2.45) is 10.9 Å². The molecule has 0 saturated carbocycles. The van der Waals surface area contributed by atoms with Crippen molar-refractivity contribution in [2.75, 3.05) is 19.7 Å². The first-order chi connectivity index (χ1) is 16.2. The molecule has 1 N–H and O–H groups in total. The van der Waals surface area contributed by atoms with Crippen LogP contribution in [0.4, 0.5) is 4.39 Å². The number of carbonyl (C=O) groups excluding carboxylic acids is 1. The highest BCUT2D eigenvalue weighted by atomic mass is 19.1. The van der Waals surface area contributed by atoms with Crippen LogP contribution in [0.25, 0.3) is 5.57 Å². The highest BCUT2D eigenvalue weighted by Gasteiger charge is 2.29. The number of aromatic nitrogens is 2. The Morgan fingerprint density at radius 1 is 1.26 bits per heavy atom. The average molecular weight is 467 g/mol. The van der Waals surface area contributed by atoms with Crippen LogP contribution in [-0.2, 0) is 4.79 Å². The van der Waals surface area contributed by atoms with E-state index in [0.717, 1.165) is 30.4 Å². The number of likely N-dealkylation sites (tertiary alicyclic amines) is 1. The molecule has 34 heavy (non-hydrogen) atoms. The van der Waals surface area contributed by atoms with Crippen LogP contribution in [0.5, 0.6) is 0 Å². The Kier molecular flexibility index (Phi) is 8.31. The Bertz CT molecular complexity index is 1070. The summed E-state index contributed by atoms with van der Waals surface area (Å²) < 4.78 is 15.5. The van der Waals surface area contributed by atoms with Crippen molar-refractivity contribution in [3.63, 3.8) is 0 Å². The molecule has 0 atom stereocenters. The molecule has 7 heteroatoms. The molecule has 0 spiro atoms. The normalized spacial score (nSPS) is 16.4. The van der Waals surface area contributed by atoms with Crippen LogP contribution in [0.1, 0.15) is 63.8 Å². The van der Waals surface area contributed by atoms with Gasteiger partial charge in [-0.05, 0) is 70.6 Å². The smallest absolute Gasteiger partial charge is 0.248 e. The number of nitrogens with zero attached hydrogens (tertiary/aromatic N) is 4. The summed E-state index contributed by atoms with van der Waals surface area (Å²) in [6.07, 6.45) is 5.50. The summed E-state index contributed by atoms with van der Waals surface area (Å²) in [5, 5.41) is 9.21. The molecule has 1 fully saturated rings. The third kappa shape index (κ3) is 5.76. The van der Waals surface area contributed by atoms with Gasteiger partial charge in [-0.25, -0.2) is 14.4 Å². The first kappa shape index (κ1) is 25.7. The van der Waals surface area contributed by atoms with Crippen LogP contribution in [0.15, 0.2) is 47.4 Å². The van der Waals surface area contributed by atoms with Gasteiger partial charge in [0, 0.05) is 30.4 Å². The molecular formula is C27H35FN4O2. The first-order valence-electron chi connectivity index (χ1n) is 11.9. The van der Waals surface area contributed by atoms with E-state index in [1.54, 1.807) is 30.2 Å². The van der Waals surface area contributed by atoms with Gasteiger partial charge in [-0.1, -0.05) is 24.6 Å². The minimum absolute atomic E-state index is 0.176. The van der Waals surface area contributed by atoms with Crippen LogP contribution in [0, 0.1) is 18.7 Å². The van der Waals surface area contributed by atoms with Crippen molar-refractivity contribution in [3.05, 3.63) is 65.0 Å². The van der Waals surface area contributed by atoms with Gasteiger partial charge in [-0.3, -0.25) is 9.79 Å². The van der Waals surface area contributed by atoms with E-state index in [9.17, 15) is 9.90 Å². The Labute approximate surface area is 201 Å². The fourth-order valence-corrected chi connectivity index (χ4v) is 4.28. The van der Waals surface area contributed by atoms with Crippen molar-refractivity contribution in [2.45, 2.75) is 59.4 Å². The van der Waals surface area contributed by atoms with Crippen LogP contribution in [0.2, 0.25) is 0 Å². The van der Waals surface area contributed by atoms with Crippen LogP contribution < -0.4 is 0 Å². The molecule has 0 aliphatic carbocycles. The molecule has 1 aromatic heterocycles. The molecule has 1 saturated heterocycles. The van der Waals surface area contributed by atoms with Crippen molar-refractivity contribution in [1.29, 1.82) is 0 Å². The van der Waals surface area contributed by atoms with Gasteiger partial charge in [0.1, 0.15) is 18.8 Å². The van der Waals surface area contributed by atoms with Crippen molar-refractivity contribution < 1.29 is 14.3 Å². The molecule has 0 bridgehead atoms. The summed E-state index contributed by atoms with van der Waals surface area (Å²) in [7, 11) is 0. The van der Waals surface area contributed by atoms with Crippen molar-refractivity contribution in [3.8, 4) is 0 Å². The number of aliphatic imine (C=N–C) groups is 1. The predicted octanol–water partition coefficient (Wildman–Crippen LogP) is 4.61. The standard InChI is InChI=1S/C27H35FN4O2/c1-6-27(4,5)31-26(21-9-7-8-18(2)25(21)28)24(22-10-13-29-17-30-22)19(3)20-11-14-32(15-12-20)23(34)16-33/h7-10,13,17,20,33H,6,11-12,14-16H2,1-5H3/b24-19+,31-26?. The molecular weight excluding hydrogens is 431 g/mol. The molecule has 2 aromatic rings. The number of hydrogen-bond donors (Lipinski definition) is 1. The lowest BCUT2D eigenvalue weighted by molar-refractivity contribution is -0.135. The van der Waals surface area contributed by atoms with Gasteiger partial charge in [0.2, 0.25) is 5.91 Å². The number of aliphatic hydroxyl groups is 1. The molecule has 2 heterocycles. The second kappa shape index (κ2) is 11.0. The molecule has 6 nitrogen and oxygen atoms in total. The summed E-state index contributed by atoms with van der Waals surface area (Å²) in [5.41, 5.74) is 3.81. The highest BCUT2D eigenvalue weighted by molar-refractivity contribution is 6.32. The summed E-state index contributed by atoms with van der Waals surface area (Å²) in [5.74, 6) is -0.351. The van der Waals surface area contributed by atoms with Gasteiger partial charge >= 0.3 is 0 Å². The number of aliphatic hydroxyl groups excluding tert-OH is 1. The van der Waals surface area contributed by atoms with Gasteiger partial charge < -0.3 is 10.0 Å². The van der Waals surface area contributed by atoms with E-state index in [2.05, 4.69) is 23.8 Å². The molecule has 1 aliphatic heterocycles. The Hall–Kier alpha value is -2.93. The zero-order valence-corrected chi connectivity index (χ0v) is 20.8. The van der Waals surface area contributed by atoms with Gasteiger partial charge in [0.15, 0.2) is 0 Å². The zero-order chi connectivity index (χ0) is 24.9. The molecule has 1 aromatic carbocycles. The number of carbonyl (C=O) groups is 1. The number of halogens is 1. The van der Waals surface area contributed by atoms with E-state index < -0.39 is 12.1 Å². The van der Waals surface area contributed by atoms with Gasteiger partial charge in [0.25, 0.3) is 0 Å². The topological polar surface area (TPSA) is 78.7 Å². The lowest BCUT2D eigenvalue weighted by atomic mass is 9.83. The Balaban J connectivity index is 2.19. The highest BCUT2D eigenvalue weighted by Crippen LogP contribution is 2.34. The number of benzene rings is 1. The molecule has 0 unspecified atom stereocenters. The van der Waals surface area contributed by atoms with Crippen LogP contribution in [0.3, 0.4) is 0 Å². The fourth-order valence-electron chi connectivity index (χ4n) is 4.28. The molecule has 0 radical (unpaired) electrons. The van der Waals surface area contributed by atoms with Crippen LogP contribution in [-0.4, -0.2) is 56.8 Å². The number of hydrogen-bond acceptors (Lipinski definition) is 5. The Morgan fingerprint density at radius 2 is 1.97 bits per heavy atom. The van der Waals surface area contributed by atoms with E-state index in [-0.39, 0.29) is 17.6 Å². The van der Waals surface area contributed by atoms with Crippen LogP contribution >= 0.6 is 0 Å². The molecule has 1 aliphatic rings. The van der Waals surface area contributed by atoms with E-state index in [1.165, 1.54) is 6.33 Å². The lowest BCUT2D eigenvalue weighted by Gasteiger charge is -2.33. The summed E-state index contributed by atoms with van der Waals surface area (Å²) >= 11 is 0. The maximum atomic E-state index is 15.5. The third-order valence-corrected chi connectivity index (χ3v) is 6.79. The minimum Gasteiger partial charge on any atom is -0.387 e.